The van der Waals surface area contributed by atoms with Gasteiger partial charge >= 0.3 is 5.97 Å². The van der Waals surface area contributed by atoms with Crippen molar-refractivity contribution >= 4 is 21.9 Å². The summed E-state index contributed by atoms with van der Waals surface area (Å²) in [4.78, 5) is 24.3. The molecular weight excluding hydrogens is 315 g/mol. The molecule has 7 nitrogen and oxygen atoms in total. The van der Waals surface area contributed by atoms with Crippen LogP contribution in [0.2, 0.25) is 0 Å². The van der Waals surface area contributed by atoms with Gasteiger partial charge in [-0.05, 0) is 17.7 Å². The molecular formula is C13H15FN2O5S. The molecule has 0 radical (unpaired) electrons. The van der Waals surface area contributed by atoms with Gasteiger partial charge in [0, 0.05) is 19.4 Å². The van der Waals surface area contributed by atoms with Gasteiger partial charge in [-0.15, -0.1) is 0 Å². The van der Waals surface area contributed by atoms with Crippen molar-refractivity contribution in [1.82, 2.24) is 4.90 Å². The number of primary sulfonamides is 1. The first-order chi connectivity index (χ1) is 10.2. The number of carboxylic acid groups (broad SMARTS) is 1. The minimum atomic E-state index is -3.91. The summed E-state index contributed by atoms with van der Waals surface area (Å²) < 4.78 is 35.5. The maximum Gasteiger partial charge on any atom is 0.326 e. The van der Waals surface area contributed by atoms with Crippen molar-refractivity contribution in [3.05, 3.63) is 35.6 Å². The van der Waals surface area contributed by atoms with E-state index in [4.69, 9.17) is 5.14 Å². The number of carbonyl (C=O) groups is 2. The number of halogens is 1. The van der Waals surface area contributed by atoms with Crippen molar-refractivity contribution in [3.63, 3.8) is 0 Å². The number of rotatable bonds is 5. The summed E-state index contributed by atoms with van der Waals surface area (Å²) in [6.45, 7) is -0.254. The van der Waals surface area contributed by atoms with Gasteiger partial charge in [-0.25, -0.2) is 22.7 Å². The van der Waals surface area contributed by atoms with Crippen LogP contribution in [0.25, 0.3) is 0 Å². The average Bonchev–Trinajstić information content (AvgIpc) is 2.79. The molecule has 1 heterocycles. The third kappa shape index (κ3) is 3.60. The summed E-state index contributed by atoms with van der Waals surface area (Å²) in [5.41, 5.74) is 0.528. The molecule has 1 saturated heterocycles. The van der Waals surface area contributed by atoms with E-state index < -0.39 is 39.0 Å². The number of aliphatic carboxylic acids is 1. The third-order valence-electron chi connectivity index (χ3n) is 3.59. The molecule has 1 unspecified atom stereocenters. The number of hydrogen-bond acceptors (Lipinski definition) is 4. The number of carboxylic acids is 1. The highest BCUT2D eigenvalue weighted by Gasteiger charge is 2.41. The van der Waals surface area contributed by atoms with Crippen molar-refractivity contribution in [2.24, 2.45) is 5.14 Å². The lowest BCUT2D eigenvalue weighted by Gasteiger charge is -2.24. The SMILES string of the molecule is NS(=O)(=O)C1CC(=O)N([C@@H](Cc2ccc(F)cc2)C(=O)O)C1. The first-order valence-electron chi connectivity index (χ1n) is 6.47. The van der Waals surface area contributed by atoms with Gasteiger partial charge < -0.3 is 10.0 Å². The Morgan fingerprint density at radius 2 is 2.00 bits per heavy atom. The lowest BCUT2D eigenvalue weighted by atomic mass is 10.0. The van der Waals surface area contributed by atoms with Crippen LogP contribution < -0.4 is 5.14 Å². The Bertz CT molecular complexity index is 689. The second-order valence-corrected chi connectivity index (χ2v) is 6.99. The van der Waals surface area contributed by atoms with E-state index in [9.17, 15) is 27.5 Å². The standard InChI is InChI=1S/C13H15FN2O5S/c14-9-3-1-8(2-4-9)5-11(13(18)19)16-7-10(6-12(16)17)22(15,20)21/h1-4,10-11H,5-7H2,(H,18,19)(H2,15,20,21)/t10?,11-/m0/s1. The lowest BCUT2D eigenvalue weighted by molar-refractivity contribution is -0.148. The maximum atomic E-state index is 12.9. The van der Waals surface area contributed by atoms with E-state index in [2.05, 4.69) is 0 Å². The summed E-state index contributed by atoms with van der Waals surface area (Å²) in [5, 5.41) is 13.2. The highest BCUT2D eigenvalue weighted by atomic mass is 32.2. The van der Waals surface area contributed by atoms with Crippen LogP contribution >= 0.6 is 0 Å². The van der Waals surface area contributed by atoms with Crippen LogP contribution in [0.3, 0.4) is 0 Å². The molecule has 3 N–H and O–H groups in total. The number of nitrogens with two attached hydrogens (primary N) is 1. The van der Waals surface area contributed by atoms with Crippen LogP contribution in [0.5, 0.6) is 0 Å². The van der Waals surface area contributed by atoms with Crippen LogP contribution in [0, 0.1) is 5.82 Å². The number of likely N-dealkylation sites (tertiary alicyclic amines) is 1. The first-order valence-corrected chi connectivity index (χ1v) is 8.07. The van der Waals surface area contributed by atoms with Crippen molar-refractivity contribution in [1.29, 1.82) is 0 Å². The van der Waals surface area contributed by atoms with Gasteiger partial charge in [0.2, 0.25) is 15.9 Å². The summed E-state index contributed by atoms with van der Waals surface area (Å²) in [6.07, 6.45) is -0.370. The van der Waals surface area contributed by atoms with E-state index in [1.807, 2.05) is 0 Å². The highest BCUT2D eigenvalue weighted by molar-refractivity contribution is 7.89. The van der Waals surface area contributed by atoms with Gasteiger partial charge in [-0.1, -0.05) is 12.1 Å². The van der Waals surface area contributed by atoms with Crippen LogP contribution in [-0.2, 0) is 26.0 Å². The van der Waals surface area contributed by atoms with Gasteiger partial charge in [-0.2, -0.15) is 0 Å². The third-order valence-corrected chi connectivity index (χ3v) is 4.84. The first kappa shape index (κ1) is 16.4. The number of nitrogens with zero attached hydrogens (tertiary/aromatic N) is 1. The molecule has 2 atom stereocenters. The molecule has 1 fully saturated rings. The van der Waals surface area contributed by atoms with Crippen molar-refractivity contribution in [2.45, 2.75) is 24.1 Å². The van der Waals surface area contributed by atoms with Gasteiger partial charge in [0.15, 0.2) is 0 Å². The minimum absolute atomic E-state index is 0.0430. The Labute approximate surface area is 126 Å². The molecule has 0 aliphatic carbocycles. The van der Waals surface area contributed by atoms with E-state index in [0.717, 1.165) is 4.90 Å². The van der Waals surface area contributed by atoms with Gasteiger partial charge in [-0.3, -0.25) is 4.79 Å². The van der Waals surface area contributed by atoms with E-state index in [1.165, 1.54) is 24.3 Å². The van der Waals surface area contributed by atoms with E-state index in [-0.39, 0.29) is 19.4 Å². The summed E-state index contributed by atoms with van der Waals surface area (Å²) in [7, 11) is -3.91. The van der Waals surface area contributed by atoms with Crippen LogP contribution in [0.4, 0.5) is 4.39 Å². The van der Waals surface area contributed by atoms with Gasteiger partial charge in [0.05, 0.1) is 0 Å². The molecule has 1 aliphatic rings. The zero-order valence-corrected chi connectivity index (χ0v) is 12.3. The fourth-order valence-corrected chi connectivity index (χ4v) is 3.14. The Hall–Kier alpha value is -2.00. The number of sulfonamides is 1. The zero-order chi connectivity index (χ0) is 16.5. The molecule has 0 aromatic heterocycles. The molecule has 1 amide bonds. The Balaban J connectivity index is 2.20. The average molecular weight is 330 g/mol. The monoisotopic (exact) mass is 330 g/mol. The Morgan fingerprint density at radius 3 is 2.45 bits per heavy atom. The Kier molecular flexibility index (Phi) is 4.47. The molecule has 2 rings (SSSR count). The fraction of sp³-hybridized carbons (Fsp3) is 0.385. The van der Waals surface area contributed by atoms with Gasteiger partial charge in [0.1, 0.15) is 17.1 Å². The zero-order valence-electron chi connectivity index (χ0n) is 11.5. The summed E-state index contributed by atoms with van der Waals surface area (Å²) in [6, 6.07) is 4.00. The summed E-state index contributed by atoms with van der Waals surface area (Å²) in [5.74, 6) is -2.29. The maximum absolute atomic E-state index is 12.9. The molecule has 0 saturated carbocycles. The quantitative estimate of drug-likeness (QED) is 0.769. The molecule has 1 aliphatic heterocycles. The van der Waals surface area contributed by atoms with E-state index in [1.54, 1.807) is 0 Å². The predicted octanol–water partition coefficient (Wildman–Crippen LogP) is -0.289. The summed E-state index contributed by atoms with van der Waals surface area (Å²) >= 11 is 0. The largest absolute Gasteiger partial charge is 0.480 e. The number of carbonyl (C=O) groups excluding carboxylic acids is 1. The van der Waals surface area contributed by atoms with Crippen LogP contribution in [0.15, 0.2) is 24.3 Å². The molecule has 0 bridgehead atoms. The number of amides is 1. The second-order valence-electron chi connectivity index (χ2n) is 5.15. The lowest BCUT2D eigenvalue weighted by Crippen LogP contribution is -2.44. The van der Waals surface area contributed by atoms with E-state index in [0.29, 0.717) is 5.56 Å². The number of benzene rings is 1. The Morgan fingerprint density at radius 1 is 1.41 bits per heavy atom. The predicted molar refractivity (Wildman–Crippen MR) is 74.8 cm³/mol. The molecule has 1 aromatic carbocycles. The highest BCUT2D eigenvalue weighted by Crippen LogP contribution is 2.21. The van der Waals surface area contributed by atoms with Crippen LogP contribution in [0.1, 0.15) is 12.0 Å². The van der Waals surface area contributed by atoms with Crippen molar-refractivity contribution < 1.29 is 27.5 Å². The molecule has 9 heteroatoms. The fourth-order valence-electron chi connectivity index (χ4n) is 2.39. The topological polar surface area (TPSA) is 118 Å². The molecule has 1 aromatic rings. The van der Waals surface area contributed by atoms with Crippen molar-refractivity contribution in [2.75, 3.05) is 6.54 Å². The minimum Gasteiger partial charge on any atom is -0.480 e. The molecule has 0 spiro atoms. The smallest absolute Gasteiger partial charge is 0.326 e. The second kappa shape index (κ2) is 6.01. The van der Waals surface area contributed by atoms with Crippen LogP contribution in [-0.4, -0.2) is 48.1 Å². The van der Waals surface area contributed by atoms with Crippen molar-refractivity contribution in [3.8, 4) is 0 Å². The van der Waals surface area contributed by atoms with E-state index >= 15 is 0 Å². The normalized spacial score (nSPS) is 20.2. The number of hydrogen-bond donors (Lipinski definition) is 2. The van der Waals surface area contributed by atoms with Gasteiger partial charge in [0.25, 0.3) is 0 Å². The molecule has 22 heavy (non-hydrogen) atoms. The molecule has 120 valence electrons.